The van der Waals surface area contributed by atoms with Gasteiger partial charge in [0.05, 0.1) is 12.2 Å². The van der Waals surface area contributed by atoms with E-state index in [1.807, 2.05) is 42.5 Å². The summed E-state index contributed by atoms with van der Waals surface area (Å²) >= 11 is 0. The van der Waals surface area contributed by atoms with Crippen molar-refractivity contribution in [2.75, 3.05) is 19.6 Å². The van der Waals surface area contributed by atoms with Gasteiger partial charge >= 0.3 is 6.03 Å². The van der Waals surface area contributed by atoms with Gasteiger partial charge in [-0.1, -0.05) is 49.7 Å². The van der Waals surface area contributed by atoms with Crippen molar-refractivity contribution in [3.8, 4) is 0 Å². The number of amides is 3. The normalized spacial score (nSPS) is 20.5. The van der Waals surface area contributed by atoms with Crippen LogP contribution in [-0.4, -0.2) is 36.6 Å². The third kappa shape index (κ3) is 3.78. The molecule has 156 valence electrons. The molecule has 1 atom stereocenters. The first kappa shape index (κ1) is 20.0. The third-order valence-electron chi connectivity index (χ3n) is 5.40. The summed E-state index contributed by atoms with van der Waals surface area (Å²) in [6.07, 6.45) is 1.95. The van der Waals surface area contributed by atoms with Crippen LogP contribution in [0.5, 0.6) is 0 Å². The van der Waals surface area contributed by atoms with Crippen LogP contribution >= 0.6 is 0 Å². The average molecular weight is 406 g/mol. The zero-order chi connectivity index (χ0) is 21.1. The predicted octanol–water partition coefficient (Wildman–Crippen LogP) is 3.18. The number of fused-ring (bicyclic) bond motifs is 1. The molecule has 8 heteroatoms. The molecule has 3 amide bonds. The molecule has 4 rings (SSSR count). The molecule has 2 heterocycles. The minimum absolute atomic E-state index is 0.195. The van der Waals surface area contributed by atoms with Crippen molar-refractivity contribution in [2.45, 2.75) is 32.4 Å². The Morgan fingerprint density at radius 3 is 2.70 bits per heavy atom. The number of benzene rings is 2. The molecule has 30 heavy (non-hydrogen) atoms. The zero-order valence-electron chi connectivity index (χ0n) is 17.2. The van der Waals surface area contributed by atoms with E-state index < -0.39 is 5.66 Å². The van der Waals surface area contributed by atoms with E-state index in [0.717, 1.165) is 40.4 Å². The van der Waals surface area contributed by atoms with E-state index in [1.165, 1.54) is 6.92 Å². The van der Waals surface area contributed by atoms with E-state index in [-0.39, 0.29) is 11.9 Å². The zero-order valence-corrected chi connectivity index (χ0v) is 17.2. The molecule has 2 aromatic carbocycles. The van der Waals surface area contributed by atoms with Crippen molar-refractivity contribution >= 4 is 22.7 Å². The number of nitrogens with one attached hydrogen (secondary N) is 3. The lowest BCUT2D eigenvalue weighted by Gasteiger charge is -2.30. The smallest absolute Gasteiger partial charge is 0.329 e. The van der Waals surface area contributed by atoms with Crippen LogP contribution in [0.25, 0.3) is 10.8 Å². The monoisotopic (exact) mass is 406 g/mol. The number of carbonyl (C=O) groups excluding carboxylic acids is 2. The lowest BCUT2D eigenvalue weighted by Crippen LogP contribution is -2.49. The van der Waals surface area contributed by atoms with Crippen LogP contribution in [-0.2, 0) is 10.5 Å². The molecule has 0 radical (unpaired) electrons. The van der Waals surface area contributed by atoms with Crippen molar-refractivity contribution in [3.05, 3.63) is 59.3 Å². The number of azo groups is 1. The maximum Gasteiger partial charge on any atom is 0.329 e. The number of hydrogen-bond donors (Lipinski definition) is 3. The molecule has 3 N–H and O–H groups in total. The Kier molecular flexibility index (Phi) is 5.50. The molecule has 0 saturated carbocycles. The minimum Gasteiger partial charge on any atom is -0.337 e. The maximum absolute atomic E-state index is 12.1. The number of carbonyl (C=O) groups is 2. The van der Waals surface area contributed by atoms with Gasteiger partial charge in [-0.25, -0.2) is 9.80 Å². The second kappa shape index (κ2) is 8.23. The SMILES string of the molecule is CCCCNC(=O)NN1CC2=C(C1)C(NC(C)=O)(c1ccc3ccccc3c1)N=N2. The van der Waals surface area contributed by atoms with E-state index in [0.29, 0.717) is 19.6 Å². The van der Waals surface area contributed by atoms with E-state index in [9.17, 15) is 9.59 Å². The fraction of sp³-hybridized carbons (Fsp3) is 0.364. The number of rotatable bonds is 6. The summed E-state index contributed by atoms with van der Waals surface area (Å²) in [6, 6.07) is 13.8. The number of hydrazine groups is 1. The molecular formula is C22H26N6O2. The number of nitrogens with zero attached hydrogens (tertiary/aromatic N) is 3. The predicted molar refractivity (Wildman–Crippen MR) is 114 cm³/mol. The summed E-state index contributed by atoms with van der Waals surface area (Å²) < 4.78 is 0. The number of unbranched alkanes of at least 4 members (excludes halogenated alkanes) is 1. The van der Waals surface area contributed by atoms with E-state index in [4.69, 9.17) is 0 Å². The Balaban J connectivity index is 1.59. The largest absolute Gasteiger partial charge is 0.337 e. The molecule has 0 aliphatic carbocycles. The van der Waals surface area contributed by atoms with Crippen molar-refractivity contribution in [1.82, 2.24) is 21.1 Å². The Hall–Kier alpha value is -3.26. The van der Waals surface area contributed by atoms with Gasteiger partial charge in [-0.2, -0.15) is 10.2 Å². The fourth-order valence-corrected chi connectivity index (χ4v) is 3.94. The standard InChI is InChI=1S/C22H26N6O2/c1-3-4-11-23-21(30)26-28-13-19-20(14-28)25-27-22(19,24-15(2)29)18-10-9-16-7-5-6-8-17(16)12-18/h5-10,12H,3-4,11,13-14H2,1-2H3,(H,24,29)(H2,23,26,30). The summed E-state index contributed by atoms with van der Waals surface area (Å²) in [7, 11) is 0. The molecule has 2 aromatic rings. The topological polar surface area (TPSA) is 98.2 Å². The summed E-state index contributed by atoms with van der Waals surface area (Å²) in [6.45, 7) is 5.05. The van der Waals surface area contributed by atoms with Gasteiger partial charge in [0.15, 0.2) is 0 Å². The van der Waals surface area contributed by atoms with Gasteiger partial charge in [-0.3, -0.25) is 10.2 Å². The van der Waals surface area contributed by atoms with Crippen LogP contribution in [0.3, 0.4) is 0 Å². The van der Waals surface area contributed by atoms with Crippen LogP contribution in [0.1, 0.15) is 32.3 Å². The number of urea groups is 1. The highest BCUT2D eigenvalue weighted by molar-refractivity contribution is 5.84. The lowest BCUT2D eigenvalue weighted by atomic mass is 9.90. The van der Waals surface area contributed by atoms with Crippen molar-refractivity contribution in [2.24, 2.45) is 10.2 Å². The van der Waals surface area contributed by atoms with Gasteiger partial charge in [0.1, 0.15) is 0 Å². The summed E-state index contributed by atoms with van der Waals surface area (Å²) in [5, 5.41) is 18.7. The summed E-state index contributed by atoms with van der Waals surface area (Å²) in [4.78, 5) is 24.3. The highest BCUT2D eigenvalue weighted by Gasteiger charge is 2.47. The first-order chi connectivity index (χ1) is 14.5. The molecule has 2 aliphatic rings. The van der Waals surface area contributed by atoms with Gasteiger partial charge in [0, 0.05) is 31.1 Å². The average Bonchev–Trinajstić information content (AvgIpc) is 3.27. The molecule has 2 aliphatic heterocycles. The second-order valence-corrected chi connectivity index (χ2v) is 7.66. The van der Waals surface area contributed by atoms with E-state index in [1.54, 1.807) is 5.01 Å². The maximum atomic E-state index is 12.1. The van der Waals surface area contributed by atoms with Crippen LogP contribution in [0.4, 0.5) is 4.79 Å². The molecule has 0 fully saturated rings. The quantitative estimate of drug-likeness (QED) is 0.643. The summed E-state index contributed by atoms with van der Waals surface area (Å²) in [5.74, 6) is -0.195. The lowest BCUT2D eigenvalue weighted by molar-refractivity contribution is -0.120. The molecule has 0 saturated heterocycles. The molecular weight excluding hydrogens is 380 g/mol. The van der Waals surface area contributed by atoms with Crippen LogP contribution < -0.4 is 16.1 Å². The second-order valence-electron chi connectivity index (χ2n) is 7.66. The Labute approximate surface area is 175 Å². The summed E-state index contributed by atoms with van der Waals surface area (Å²) in [5.41, 5.74) is 4.30. The Morgan fingerprint density at radius 2 is 1.93 bits per heavy atom. The fourth-order valence-electron chi connectivity index (χ4n) is 3.94. The van der Waals surface area contributed by atoms with Crippen molar-refractivity contribution < 1.29 is 9.59 Å². The van der Waals surface area contributed by atoms with Gasteiger partial charge < -0.3 is 10.6 Å². The highest BCUT2D eigenvalue weighted by atomic mass is 16.2. The van der Waals surface area contributed by atoms with Crippen LogP contribution in [0, 0.1) is 0 Å². The minimum atomic E-state index is -1.06. The van der Waals surface area contributed by atoms with E-state index in [2.05, 4.69) is 33.2 Å². The Bertz CT molecular complexity index is 1050. The van der Waals surface area contributed by atoms with E-state index >= 15 is 0 Å². The first-order valence-electron chi connectivity index (χ1n) is 10.2. The first-order valence-corrected chi connectivity index (χ1v) is 10.2. The number of hydrogen-bond acceptors (Lipinski definition) is 5. The Morgan fingerprint density at radius 1 is 1.13 bits per heavy atom. The van der Waals surface area contributed by atoms with Crippen molar-refractivity contribution in [3.63, 3.8) is 0 Å². The van der Waals surface area contributed by atoms with Gasteiger partial charge in [0.2, 0.25) is 11.6 Å². The van der Waals surface area contributed by atoms with Gasteiger partial charge in [-0.05, 0) is 23.3 Å². The molecule has 8 nitrogen and oxygen atoms in total. The van der Waals surface area contributed by atoms with Gasteiger partial charge in [-0.15, -0.1) is 0 Å². The van der Waals surface area contributed by atoms with Crippen LogP contribution in [0.15, 0.2) is 64.0 Å². The van der Waals surface area contributed by atoms with Crippen LogP contribution in [0.2, 0.25) is 0 Å². The molecule has 0 aromatic heterocycles. The van der Waals surface area contributed by atoms with Gasteiger partial charge in [0.25, 0.3) is 0 Å². The molecule has 0 spiro atoms. The highest BCUT2D eigenvalue weighted by Crippen LogP contribution is 2.42. The van der Waals surface area contributed by atoms with Crippen molar-refractivity contribution in [1.29, 1.82) is 0 Å². The molecule has 1 unspecified atom stereocenters. The molecule has 0 bridgehead atoms. The third-order valence-corrected chi connectivity index (χ3v) is 5.40.